The molecule has 2 rings (SSSR count). The molecule has 0 bridgehead atoms. The minimum atomic E-state index is 0.00771. The fraction of sp³-hybridized carbons (Fsp3) is 0.538. The highest BCUT2D eigenvalue weighted by molar-refractivity contribution is 5.51. The number of aliphatic hydroxyl groups is 1. The average Bonchev–Trinajstić information content (AvgIpc) is 2.84. The topological polar surface area (TPSA) is 53.5 Å². The van der Waals surface area contributed by atoms with E-state index in [9.17, 15) is 5.11 Å². The molecular weight excluding hydrogens is 216 g/mol. The zero-order valence-corrected chi connectivity index (χ0v) is 10.2. The summed E-state index contributed by atoms with van der Waals surface area (Å²) in [5.74, 6) is 0.769. The zero-order valence-electron chi connectivity index (χ0n) is 10.2. The molecule has 0 saturated carbocycles. The maximum Gasteiger partial charge on any atom is 0.124 e. The van der Waals surface area contributed by atoms with Gasteiger partial charge in [-0.1, -0.05) is 0 Å². The van der Waals surface area contributed by atoms with E-state index in [-0.39, 0.29) is 6.61 Å². The summed E-state index contributed by atoms with van der Waals surface area (Å²) in [6.45, 7) is 4.64. The number of anilines is 1. The third-order valence-corrected chi connectivity index (χ3v) is 2.96. The number of nitrogens with one attached hydrogen (secondary N) is 2. The molecule has 1 aromatic carbocycles. The summed E-state index contributed by atoms with van der Waals surface area (Å²) >= 11 is 0. The van der Waals surface area contributed by atoms with Crippen molar-refractivity contribution in [1.29, 1.82) is 0 Å². The molecule has 0 amide bonds. The highest BCUT2D eigenvalue weighted by atomic mass is 16.5. The molecule has 3 N–H and O–H groups in total. The normalized spacial score (nSPS) is 19.3. The van der Waals surface area contributed by atoms with Crippen LogP contribution in [0.3, 0.4) is 0 Å². The summed E-state index contributed by atoms with van der Waals surface area (Å²) in [6, 6.07) is 6.37. The molecule has 4 heteroatoms. The van der Waals surface area contributed by atoms with Crippen molar-refractivity contribution in [2.45, 2.75) is 26.0 Å². The van der Waals surface area contributed by atoms with E-state index in [4.69, 9.17) is 4.74 Å². The first-order chi connectivity index (χ1) is 8.33. The number of aliphatic hydroxyl groups excluding tert-OH is 1. The van der Waals surface area contributed by atoms with Crippen LogP contribution in [0.25, 0.3) is 0 Å². The Balaban J connectivity index is 2.07. The minimum absolute atomic E-state index is 0.00771. The lowest BCUT2D eigenvalue weighted by Crippen LogP contribution is -2.22. The van der Waals surface area contributed by atoms with Crippen LogP contribution in [-0.2, 0) is 6.61 Å². The van der Waals surface area contributed by atoms with Crippen molar-refractivity contribution in [3.8, 4) is 5.75 Å². The van der Waals surface area contributed by atoms with Gasteiger partial charge in [0.15, 0.2) is 0 Å². The van der Waals surface area contributed by atoms with E-state index in [1.54, 1.807) is 0 Å². The van der Waals surface area contributed by atoms with Gasteiger partial charge in [0.1, 0.15) is 5.75 Å². The Labute approximate surface area is 102 Å². The van der Waals surface area contributed by atoms with Crippen LogP contribution in [0.4, 0.5) is 5.69 Å². The summed E-state index contributed by atoms with van der Waals surface area (Å²) in [5.41, 5.74) is 1.88. The molecule has 0 radical (unpaired) electrons. The Hall–Kier alpha value is -1.26. The monoisotopic (exact) mass is 236 g/mol. The third-order valence-electron chi connectivity index (χ3n) is 2.96. The van der Waals surface area contributed by atoms with Gasteiger partial charge in [-0.15, -0.1) is 0 Å². The average molecular weight is 236 g/mol. The highest BCUT2D eigenvalue weighted by Crippen LogP contribution is 2.24. The molecule has 1 aliphatic heterocycles. The van der Waals surface area contributed by atoms with Gasteiger partial charge in [-0.25, -0.2) is 0 Å². The van der Waals surface area contributed by atoms with Crippen molar-refractivity contribution in [1.82, 2.24) is 5.32 Å². The molecule has 0 aromatic heterocycles. The number of rotatable bonds is 5. The molecule has 0 aliphatic carbocycles. The molecule has 1 atom stereocenters. The summed E-state index contributed by atoms with van der Waals surface area (Å²) in [5, 5.41) is 16.1. The Morgan fingerprint density at radius 3 is 3.06 bits per heavy atom. The summed E-state index contributed by atoms with van der Waals surface area (Å²) < 4.78 is 5.45. The fourth-order valence-corrected chi connectivity index (χ4v) is 2.10. The maximum atomic E-state index is 9.31. The standard InChI is InChI=1S/C13H20N2O2/c1-2-17-13-4-3-11(7-10(13)9-16)15-12-5-6-14-8-12/h3-4,7,12,14-16H,2,5-6,8-9H2,1H3. The lowest BCUT2D eigenvalue weighted by atomic mass is 10.1. The smallest absolute Gasteiger partial charge is 0.124 e. The van der Waals surface area contributed by atoms with E-state index < -0.39 is 0 Å². The van der Waals surface area contributed by atoms with Crippen LogP contribution in [0, 0.1) is 0 Å². The second-order valence-electron chi connectivity index (χ2n) is 4.25. The first-order valence-electron chi connectivity index (χ1n) is 6.17. The molecule has 1 heterocycles. The SMILES string of the molecule is CCOc1ccc(NC2CCNC2)cc1CO. The van der Waals surface area contributed by atoms with Crippen LogP contribution in [0.1, 0.15) is 18.9 Å². The number of hydrogen-bond donors (Lipinski definition) is 3. The van der Waals surface area contributed by atoms with Gasteiger partial charge in [0.2, 0.25) is 0 Å². The van der Waals surface area contributed by atoms with Crippen molar-refractivity contribution in [2.24, 2.45) is 0 Å². The Bertz CT molecular complexity index is 362. The van der Waals surface area contributed by atoms with Crippen molar-refractivity contribution < 1.29 is 9.84 Å². The predicted molar refractivity (Wildman–Crippen MR) is 68.4 cm³/mol. The van der Waals surface area contributed by atoms with Gasteiger partial charge in [-0.2, -0.15) is 0 Å². The summed E-state index contributed by atoms with van der Waals surface area (Å²) in [7, 11) is 0. The van der Waals surface area contributed by atoms with Gasteiger partial charge in [0.25, 0.3) is 0 Å². The van der Waals surface area contributed by atoms with Gasteiger partial charge in [-0.3, -0.25) is 0 Å². The van der Waals surface area contributed by atoms with Gasteiger partial charge in [0.05, 0.1) is 13.2 Å². The Morgan fingerprint density at radius 2 is 2.41 bits per heavy atom. The molecule has 1 unspecified atom stereocenters. The minimum Gasteiger partial charge on any atom is -0.494 e. The molecule has 0 spiro atoms. The van der Waals surface area contributed by atoms with Gasteiger partial charge in [0, 0.05) is 23.8 Å². The molecule has 94 valence electrons. The molecule has 1 aliphatic rings. The zero-order chi connectivity index (χ0) is 12.1. The Kier molecular flexibility index (Phi) is 4.23. The second kappa shape index (κ2) is 5.89. The van der Waals surface area contributed by atoms with Gasteiger partial charge < -0.3 is 20.5 Å². The number of benzene rings is 1. The van der Waals surface area contributed by atoms with Crippen molar-refractivity contribution in [2.75, 3.05) is 25.0 Å². The van der Waals surface area contributed by atoms with Crippen LogP contribution >= 0.6 is 0 Å². The van der Waals surface area contributed by atoms with Crippen LogP contribution < -0.4 is 15.4 Å². The van der Waals surface area contributed by atoms with E-state index >= 15 is 0 Å². The lowest BCUT2D eigenvalue weighted by molar-refractivity contribution is 0.267. The van der Waals surface area contributed by atoms with Crippen molar-refractivity contribution >= 4 is 5.69 Å². The molecule has 17 heavy (non-hydrogen) atoms. The largest absolute Gasteiger partial charge is 0.494 e. The summed E-state index contributed by atoms with van der Waals surface area (Å²) in [6.07, 6.45) is 1.14. The first-order valence-corrected chi connectivity index (χ1v) is 6.17. The maximum absolute atomic E-state index is 9.31. The first kappa shape index (κ1) is 12.2. The van der Waals surface area contributed by atoms with Crippen molar-refractivity contribution in [3.05, 3.63) is 23.8 Å². The molecule has 1 fully saturated rings. The second-order valence-corrected chi connectivity index (χ2v) is 4.25. The van der Waals surface area contributed by atoms with E-state index in [1.807, 2.05) is 25.1 Å². The third kappa shape index (κ3) is 3.11. The van der Waals surface area contributed by atoms with E-state index in [0.717, 1.165) is 36.5 Å². The van der Waals surface area contributed by atoms with Crippen LogP contribution in [-0.4, -0.2) is 30.8 Å². The number of hydrogen-bond acceptors (Lipinski definition) is 4. The fourth-order valence-electron chi connectivity index (χ4n) is 2.10. The molecular formula is C13H20N2O2. The Morgan fingerprint density at radius 1 is 1.53 bits per heavy atom. The number of ether oxygens (including phenoxy) is 1. The molecule has 1 saturated heterocycles. The van der Waals surface area contributed by atoms with E-state index in [2.05, 4.69) is 10.6 Å². The van der Waals surface area contributed by atoms with E-state index in [0.29, 0.717) is 12.6 Å². The van der Waals surface area contributed by atoms with Crippen LogP contribution in [0.5, 0.6) is 5.75 Å². The summed E-state index contributed by atoms with van der Waals surface area (Å²) in [4.78, 5) is 0. The van der Waals surface area contributed by atoms with Gasteiger partial charge >= 0.3 is 0 Å². The van der Waals surface area contributed by atoms with Gasteiger partial charge in [-0.05, 0) is 38.1 Å². The quantitative estimate of drug-likeness (QED) is 0.722. The van der Waals surface area contributed by atoms with E-state index in [1.165, 1.54) is 0 Å². The van der Waals surface area contributed by atoms with Crippen molar-refractivity contribution in [3.63, 3.8) is 0 Å². The molecule has 4 nitrogen and oxygen atoms in total. The van der Waals surface area contributed by atoms with Crippen LogP contribution in [0.15, 0.2) is 18.2 Å². The highest BCUT2D eigenvalue weighted by Gasteiger charge is 2.14. The lowest BCUT2D eigenvalue weighted by Gasteiger charge is -2.15. The predicted octanol–water partition coefficient (Wildman–Crippen LogP) is 1.35. The van der Waals surface area contributed by atoms with Crippen LogP contribution in [0.2, 0.25) is 0 Å². The molecule has 1 aromatic rings.